The van der Waals surface area contributed by atoms with Crippen LogP contribution in [0.2, 0.25) is 5.02 Å². The Balaban J connectivity index is 1.57. The predicted molar refractivity (Wildman–Crippen MR) is 108 cm³/mol. The maximum atomic E-state index is 12.9. The molecule has 0 aliphatic carbocycles. The minimum Gasteiger partial charge on any atom is -0.481 e. The number of carbonyl (C=O) groups is 1. The molecule has 1 unspecified atom stereocenters. The van der Waals surface area contributed by atoms with Gasteiger partial charge in [-0.05, 0) is 49.4 Å². The van der Waals surface area contributed by atoms with Crippen molar-refractivity contribution in [3.63, 3.8) is 0 Å². The summed E-state index contributed by atoms with van der Waals surface area (Å²) in [5.74, 6) is -0.341. The fourth-order valence-electron chi connectivity index (χ4n) is 2.58. The molecular formula is C21H19ClFN3O3. The van der Waals surface area contributed by atoms with E-state index in [0.717, 1.165) is 5.56 Å². The molecule has 6 nitrogen and oxygen atoms in total. The maximum Gasteiger partial charge on any atom is 0.266 e. The summed E-state index contributed by atoms with van der Waals surface area (Å²) in [4.78, 5) is 24.2. The third-order valence-electron chi connectivity index (χ3n) is 4.13. The van der Waals surface area contributed by atoms with E-state index in [1.807, 2.05) is 12.1 Å². The molecule has 150 valence electrons. The SMILES string of the molecule is CC(Oc1ccc(F)cc1)C(=O)NCCn1nc(-c2ccc(Cl)cc2)ccc1=O. The predicted octanol–water partition coefficient (Wildman–Crippen LogP) is 3.29. The third kappa shape index (κ3) is 5.65. The quantitative estimate of drug-likeness (QED) is 0.642. The van der Waals surface area contributed by atoms with Crippen molar-refractivity contribution in [1.82, 2.24) is 15.1 Å². The molecule has 1 heterocycles. The number of benzene rings is 2. The molecule has 1 N–H and O–H groups in total. The van der Waals surface area contributed by atoms with Crippen LogP contribution < -0.4 is 15.6 Å². The Hall–Kier alpha value is -3.19. The molecule has 0 aliphatic heterocycles. The van der Waals surface area contributed by atoms with Gasteiger partial charge in [-0.15, -0.1) is 0 Å². The molecule has 3 rings (SSSR count). The van der Waals surface area contributed by atoms with Gasteiger partial charge in [0.25, 0.3) is 11.5 Å². The van der Waals surface area contributed by atoms with E-state index in [1.54, 1.807) is 25.1 Å². The van der Waals surface area contributed by atoms with Crippen LogP contribution in [-0.4, -0.2) is 28.3 Å². The van der Waals surface area contributed by atoms with Gasteiger partial charge in [-0.3, -0.25) is 9.59 Å². The number of nitrogens with zero attached hydrogens (tertiary/aromatic N) is 2. The molecule has 0 radical (unpaired) electrons. The van der Waals surface area contributed by atoms with Crippen molar-refractivity contribution in [2.24, 2.45) is 0 Å². The van der Waals surface area contributed by atoms with Crippen molar-refractivity contribution >= 4 is 17.5 Å². The van der Waals surface area contributed by atoms with Crippen molar-refractivity contribution in [3.8, 4) is 17.0 Å². The van der Waals surface area contributed by atoms with Crippen LogP contribution in [0.15, 0.2) is 65.5 Å². The number of amides is 1. The smallest absolute Gasteiger partial charge is 0.266 e. The fourth-order valence-corrected chi connectivity index (χ4v) is 2.71. The summed E-state index contributed by atoms with van der Waals surface area (Å²) in [7, 11) is 0. The maximum absolute atomic E-state index is 12.9. The second kappa shape index (κ2) is 9.34. The highest BCUT2D eigenvalue weighted by molar-refractivity contribution is 6.30. The van der Waals surface area contributed by atoms with E-state index in [9.17, 15) is 14.0 Å². The zero-order valence-electron chi connectivity index (χ0n) is 15.6. The zero-order chi connectivity index (χ0) is 20.8. The zero-order valence-corrected chi connectivity index (χ0v) is 16.4. The number of carbonyl (C=O) groups excluding carboxylic acids is 1. The summed E-state index contributed by atoms with van der Waals surface area (Å²) in [6.07, 6.45) is -0.773. The Morgan fingerprint density at radius 2 is 1.83 bits per heavy atom. The lowest BCUT2D eigenvalue weighted by Crippen LogP contribution is -2.39. The van der Waals surface area contributed by atoms with Gasteiger partial charge in [0.2, 0.25) is 0 Å². The van der Waals surface area contributed by atoms with Crippen LogP contribution in [0.5, 0.6) is 5.75 Å². The topological polar surface area (TPSA) is 73.2 Å². The van der Waals surface area contributed by atoms with Crippen molar-refractivity contribution in [1.29, 1.82) is 0 Å². The molecule has 0 fully saturated rings. The Labute approximate surface area is 171 Å². The van der Waals surface area contributed by atoms with Crippen molar-refractivity contribution in [2.45, 2.75) is 19.6 Å². The van der Waals surface area contributed by atoms with Gasteiger partial charge in [-0.2, -0.15) is 5.10 Å². The first-order valence-electron chi connectivity index (χ1n) is 8.96. The molecular weight excluding hydrogens is 397 g/mol. The number of aromatic nitrogens is 2. The molecule has 2 aromatic carbocycles. The van der Waals surface area contributed by atoms with Crippen LogP contribution in [0.25, 0.3) is 11.3 Å². The van der Waals surface area contributed by atoms with Gasteiger partial charge in [0.1, 0.15) is 11.6 Å². The van der Waals surface area contributed by atoms with Gasteiger partial charge in [-0.1, -0.05) is 23.7 Å². The minimum atomic E-state index is -0.773. The number of rotatable bonds is 7. The Bertz CT molecular complexity index is 1040. The highest BCUT2D eigenvalue weighted by Gasteiger charge is 2.14. The molecule has 1 amide bonds. The number of hydrogen-bond donors (Lipinski definition) is 1. The fraction of sp³-hybridized carbons (Fsp3) is 0.190. The third-order valence-corrected chi connectivity index (χ3v) is 4.38. The standard InChI is InChI=1S/C21H19ClFN3O3/c1-14(29-18-8-6-17(23)7-9-18)21(28)24-12-13-26-20(27)11-10-19(25-26)15-2-4-16(22)5-3-15/h2-11,14H,12-13H2,1H3,(H,24,28). The minimum absolute atomic E-state index is 0.201. The van der Waals surface area contributed by atoms with E-state index in [-0.39, 0.29) is 30.4 Å². The molecule has 0 saturated carbocycles. The summed E-state index contributed by atoms with van der Waals surface area (Å²) in [6, 6.07) is 15.6. The normalized spacial score (nSPS) is 11.7. The molecule has 1 aromatic heterocycles. The Morgan fingerprint density at radius 1 is 1.14 bits per heavy atom. The van der Waals surface area contributed by atoms with Crippen LogP contribution in [0.4, 0.5) is 4.39 Å². The average molecular weight is 416 g/mol. The van der Waals surface area contributed by atoms with Crippen LogP contribution >= 0.6 is 11.6 Å². The number of hydrogen-bond acceptors (Lipinski definition) is 4. The van der Waals surface area contributed by atoms with E-state index >= 15 is 0 Å². The highest BCUT2D eigenvalue weighted by Crippen LogP contribution is 2.18. The largest absolute Gasteiger partial charge is 0.481 e. The van der Waals surface area contributed by atoms with Gasteiger partial charge in [0.05, 0.1) is 12.2 Å². The average Bonchev–Trinajstić information content (AvgIpc) is 2.71. The van der Waals surface area contributed by atoms with Gasteiger partial charge in [0.15, 0.2) is 6.10 Å². The van der Waals surface area contributed by atoms with E-state index in [4.69, 9.17) is 16.3 Å². The summed E-state index contributed by atoms with van der Waals surface area (Å²) >= 11 is 5.89. The summed E-state index contributed by atoms with van der Waals surface area (Å²) in [5.41, 5.74) is 1.18. The molecule has 29 heavy (non-hydrogen) atoms. The van der Waals surface area contributed by atoms with E-state index in [1.165, 1.54) is 35.0 Å². The van der Waals surface area contributed by atoms with Gasteiger partial charge in [0, 0.05) is 23.2 Å². The number of halogens is 2. The van der Waals surface area contributed by atoms with E-state index < -0.39 is 6.10 Å². The van der Waals surface area contributed by atoms with Crippen LogP contribution in [-0.2, 0) is 11.3 Å². The summed E-state index contributed by atoms with van der Waals surface area (Å²) in [6.45, 7) is 1.99. The van der Waals surface area contributed by atoms with E-state index in [0.29, 0.717) is 16.5 Å². The highest BCUT2D eigenvalue weighted by atomic mass is 35.5. The Morgan fingerprint density at radius 3 is 2.52 bits per heavy atom. The van der Waals surface area contributed by atoms with Crippen molar-refractivity contribution in [3.05, 3.63) is 81.9 Å². The molecule has 3 aromatic rings. The van der Waals surface area contributed by atoms with Crippen LogP contribution in [0, 0.1) is 5.82 Å². The second-order valence-electron chi connectivity index (χ2n) is 6.29. The van der Waals surface area contributed by atoms with Crippen molar-refractivity contribution in [2.75, 3.05) is 6.54 Å². The van der Waals surface area contributed by atoms with Crippen molar-refractivity contribution < 1.29 is 13.9 Å². The molecule has 1 atom stereocenters. The number of ether oxygens (including phenoxy) is 1. The van der Waals surface area contributed by atoms with Gasteiger partial charge < -0.3 is 10.1 Å². The first-order chi connectivity index (χ1) is 13.9. The monoisotopic (exact) mass is 415 g/mol. The van der Waals surface area contributed by atoms with E-state index in [2.05, 4.69) is 10.4 Å². The summed E-state index contributed by atoms with van der Waals surface area (Å²) in [5, 5.41) is 7.65. The molecule has 8 heteroatoms. The van der Waals surface area contributed by atoms with Gasteiger partial charge >= 0.3 is 0 Å². The number of nitrogens with one attached hydrogen (secondary N) is 1. The molecule has 0 saturated heterocycles. The first kappa shape index (κ1) is 20.5. The lowest BCUT2D eigenvalue weighted by molar-refractivity contribution is -0.127. The summed E-state index contributed by atoms with van der Waals surface area (Å²) < 4.78 is 19.7. The first-order valence-corrected chi connectivity index (χ1v) is 9.34. The molecule has 0 spiro atoms. The molecule has 0 bridgehead atoms. The lowest BCUT2D eigenvalue weighted by atomic mass is 10.1. The van der Waals surface area contributed by atoms with Crippen LogP contribution in [0.1, 0.15) is 6.92 Å². The van der Waals surface area contributed by atoms with Gasteiger partial charge in [-0.25, -0.2) is 9.07 Å². The Kier molecular flexibility index (Phi) is 6.61. The second-order valence-corrected chi connectivity index (χ2v) is 6.73. The molecule has 0 aliphatic rings. The lowest BCUT2D eigenvalue weighted by Gasteiger charge is -2.15. The van der Waals surface area contributed by atoms with Crippen LogP contribution in [0.3, 0.4) is 0 Å².